The first-order valence-corrected chi connectivity index (χ1v) is 7.00. The van der Waals surface area contributed by atoms with Gasteiger partial charge < -0.3 is 10.4 Å². The van der Waals surface area contributed by atoms with Crippen LogP contribution in [0.5, 0.6) is 0 Å². The van der Waals surface area contributed by atoms with Crippen LogP contribution < -0.4 is 5.32 Å². The summed E-state index contributed by atoms with van der Waals surface area (Å²) in [5.74, 6) is -0.315. The molecular formula is C14H27NO3. The molecule has 106 valence electrons. The molecule has 1 atom stereocenters. The number of carbonyl (C=O) groups is 2. The predicted octanol–water partition coefficient (Wildman–Crippen LogP) is 2.82. The van der Waals surface area contributed by atoms with Gasteiger partial charge >= 0.3 is 5.97 Å². The van der Waals surface area contributed by atoms with Gasteiger partial charge in [-0.25, -0.2) is 0 Å². The lowest BCUT2D eigenvalue weighted by molar-refractivity contribution is -0.137. The average Bonchev–Trinajstić information content (AvgIpc) is 2.33. The van der Waals surface area contributed by atoms with E-state index in [-0.39, 0.29) is 24.2 Å². The van der Waals surface area contributed by atoms with Gasteiger partial charge in [-0.05, 0) is 25.2 Å². The molecule has 0 aliphatic heterocycles. The molecule has 4 nitrogen and oxygen atoms in total. The maximum atomic E-state index is 11.9. The van der Waals surface area contributed by atoms with Crippen LogP contribution in [0.15, 0.2) is 0 Å². The molecule has 0 saturated heterocycles. The Kier molecular flexibility index (Phi) is 9.33. The highest BCUT2D eigenvalue weighted by Crippen LogP contribution is 2.14. The van der Waals surface area contributed by atoms with Crippen LogP contribution in [0.1, 0.15) is 59.3 Å². The van der Waals surface area contributed by atoms with Crippen molar-refractivity contribution in [2.24, 2.45) is 11.8 Å². The summed E-state index contributed by atoms with van der Waals surface area (Å²) in [6, 6.07) is 0. The third-order valence-electron chi connectivity index (χ3n) is 3.12. The minimum atomic E-state index is -0.775. The monoisotopic (exact) mass is 257 g/mol. The van der Waals surface area contributed by atoms with Crippen LogP contribution in [0.3, 0.4) is 0 Å². The van der Waals surface area contributed by atoms with Crippen LogP contribution in [-0.2, 0) is 9.59 Å². The molecule has 1 unspecified atom stereocenters. The van der Waals surface area contributed by atoms with Crippen LogP contribution in [0.2, 0.25) is 0 Å². The van der Waals surface area contributed by atoms with Crippen LogP contribution in [0.25, 0.3) is 0 Å². The molecular weight excluding hydrogens is 230 g/mol. The third kappa shape index (κ3) is 8.09. The molecule has 0 aromatic carbocycles. The van der Waals surface area contributed by atoms with Crippen molar-refractivity contribution in [2.45, 2.75) is 59.3 Å². The molecule has 0 saturated carbocycles. The Morgan fingerprint density at radius 2 is 1.67 bits per heavy atom. The van der Waals surface area contributed by atoms with Gasteiger partial charge in [0.05, 0.1) is 0 Å². The normalized spacial score (nSPS) is 12.4. The van der Waals surface area contributed by atoms with Gasteiger partial charge in [-0.2, -0.15) is 0 Å². The van der Waals surface area contributed by atoms with Gasteiger partial charge in [0.1, 0.15) is 0 Å². The lowest BCUT2D eigenvalue weighted by atomic mass is 9.97. The van der Waals surface area contributed by atoms with Crippen molar-refractivity contribution in [1.82, 2.24) is 5.32 Å². The van der Waals surface area contributed by atoms with Crippen molar-refractivity contribution in [3.63, 3.8) is 0 Å². The van der Waals surface area contributed by atoms with Crippen LogP contribution in [-0.4, -0.2) is 23.5 Å². The van der Waals surface area contributed by atoms with E-state index in [9.17, 15) is 9.59 Å². The summed E-state index contributed by atoms with van der Waals surface area (Å²) in [7, 11) is 0. The summed E-state index contributed by atoms with van der Waals surface area (Å²) in [4.78, 5) is 22.4. The molecule has 0 heterocycles. The van der Waals surface area contributed by atoms with Gasteiger partial charge in [0, 0.05) is 18.9 Å². The molecule has 1 amide bonds. The molecule has 0 bridgehead atoms. The van der Waals surface area contributed by atoms with Crippen molar-refractivity contribution in [2.75, 3.05) is 6.54 Å². The number of rotatable bonds is 10. The van der Waals surface area contributed by atoms with Crippen LogP contribution in [0.4, 0.5) is 0 Å². The molecule has 18 heavy (non-hydrogen) atoms. The van der Waals surface area contributed by atoms with Crippen molar-refractivity contribution in [3.8, 4) is 0 Å². The first-order chi connectivity index (χ1) is 8.51. The van der Waals surface area contributed by atoms with Gasteiger partial charge in [0.15, 0.2) is 0 Å². The summed E-state index contributed by atoms with van der Waals surface area (Å²) < 4.78 is 0. The van der Waals surface area contributed by atoms with Gasteiger partial charge in [-0.3, -0.25) is 9.59 Å². The standard InChI is InChI=1S/C14H27NO3/c1-4-6-12(7-5-2)14(18)15-10-11(3)8-9-13(16)17/h11-12H,4-10H2,1-3H3,(H,15,18)(H,16,17). The highest BCUT2D eigenvalue weighted by atomic mass is 16.4. The van der Waals surface area contributed by atoms with Gasteiger partial charge in [0.25, 0.3) is 0 Å². The fraction of sp³-hybridized carbons (Fsp3) is 0.857. The van der Waals surface area contributed by atoms with Gasteiger partial charge in [0.2, 0.25) is 5.91 Å². The number of aliphatic carboxylic acids is 1. The number of hydrogen-bond donors (Lipinski definition) is 2. The number of carboxylic acid groups (broad SMARTS) is 1. The Labute approximate surface area is 110 Å². The smallest absolute Gasteiger partial charge is 0.303 e. The van der Waals surface area contributed by atoms with Crippen LogP contribution in [0, 0.1) is 11.8 Å². The van der Waals surface area contributed by atoms with Gasteiger partial charge in [-0.15, -0.1) is 0 Å². The molecule has 0 rings (SSSR count). The zero-order chi connectivity index (χ0) is 14.0. The summed E-state index contributed by atoms with van der Waals surface area (Å²) in [5, 5.41) is 11.5. The second-order valence-corrected chi connectivity index (χ2v) is 5.06. The first-order valence-electron chi connectivity index (χ1n) is 7.00. The van der Waals surface area contributed by atoms with Crippen molar-refractivity contribution in [3.05, 3.63) is 0 Å². The highest BCUT2D eigenvalue weighted by molar-refractivity contribution is 5.78. The van der Waals surface area contributed by atoms with Crippen molar-refractivity contribution >= 4 is 11.9 Å². The summed E-state index contributed by atoms with van der Waals surface area (Å²) >= 11 is 0. The SMILES string of the molecule is CCCC(CCC)C(=O)NCC(C)CCC(=O)O. The number of carbonyl (C=O) groups excluding carboxylic acids is 1. The van der Waals surface area contributed by atoms with E-state index in [1.807, 2.05) is 6.92 Å². The molecule has 0 aliphatic carbocycles. The molecule has 0 fully saturated rings. The largest absolute Gasteiger partial charge is 0.481 e. The Morgan fingerprint density at radius 1 is 1.11 bits per heavy atom. The number of amides is 1. The van der Waals surface area contributed by atoms with Crippen LogP contribution >= 0.6 is 0 Å². The van der Waals surface area contributed by atoms with E-state index in [4.69, 9.17) is 5.11 Å². The number of nitrogens with one attached hydrogen (secondary N) is 1. The highest BCUT2D eigenvalue weighted by Gasteiger charge is 2.16. The van der Waals surface area contributed by atoms with Gasteiger partial charge in [-0.1, -0.05) is 33.6 Å². The fourth-order valence-electron chi connectivity index (χ4n) is 1.99. The van der Waals surface area contributed by atoms with E-state index in [1.165, 1.54) is 0 Å². The fourth-order valence-corrected chi connectivity index (χ4v) is 1.99. The summed E-state index contributed by atoms with van der Waals surface area (Å²) in [5.41, 5.74) is 0. The molecule has 0 aromatic heterocycles. The Morgan fingerprint density at radius 3 is 2.11 bits per heavy atom. The Bertz CT molecular complexity index is 247. The maximum absolute atomic E-state index is 11.9. The number of hydrogen-bond acceptors (Lipinski definition) is 2. The van der Waals surface area contributed by atoms with E-state index in [1.54, 1.807) is 0 Å². The Balaban J connectivity index is 3.94. The lowest BCUT2D eigenvalue weighted by Crippen LogP contribution is -2.34. The predicted molar refractivity (Wildman–Crippen MR) is 72.3 cm³/mol. The zero-order valence-electron chi connectivity index (χ0n) is 11.9. The zero-order valence-corrected chi connectivity index (χ0v) is 11.9. The van der Waals surface area contributed by atoms with E-state index >= 15 is 0 Å². The Hall–Kier alpha value is -1.06. The first kappa shape index (κ1) is 16.9. The van der Waals surface area contributed by atoms with E-state index in [0.717, 1.165) is 25.7 Å². The maximum Gasteiger partial charge on any atom is 0.303 e. The second-order valence-electron chi connectivity index (χ2n) is 5.06. The molecule has 2 N–H and O–H groups in total. The second kappa shape index (κ2) is 9.92. The minimum Gasteiger partial charge on any atom is -0.481 e. The molecule has 4 heteroatoms. The topological polar surface area (TPSA) is 66.4 Å². The van der Waals surface area contributed by atoms with E-state index < -0.39 is 5.97 Å². The summed E-state index contributed by atoms with van der Waals surface area (Å²) in [6.45, 7) is 6.73. The third-order valence-corrected chi connectivity index (χ3v) is 3.12. The summed E-state index contributed by atoms with van der Waals surface area (Å²) in [6.07, 6.45) is 4.69. The average molecular weight is 257 g/mol. The molecule has 0 radical (unpaired) electrons. The quantitative estimate of drug-likeness (QED) is 0.632. The van der Waals surface area contributed by atoms with Crippen molar-refractivity contribution in [1.29, 1.82) is 0 Å². The van der Waals surface area contributed by atoms with Crippen molar-refractivity contribution < 1.29 is 14.7 Å². The lowest BCUT2D eigenvalue weighted by Gasteiger charge is -2.17. The number of carboxylic acids is 1. The van der Waals surface area contributed by atoms with E-state index in [0.29, 0.717) is 13.0 Å². The molecule has 0 aromatic rings. The minimum absolute atomic E-state index is 0.117. The molecule has 0 aliphatic rings. The van der Waals surface area contributed by atoms with E-state index in [2.05, 4.69) is 19.2 Å². The molecule has 0 spiro atoms.